The van der Waals surface area contributed by atoms with Crippen molar-refractivity contribution in [3.8, 4) is 11.5 Å². The Morgan fingerprint density at radius 2 is 1.54 bits per heavy atom. The van der Waals surface area contributed by atoms with E-state index in [0.717, 1.165) is 35.5 Å². The quantitative estimate of drug-likeness (QED) is 0.288. The molecule has 0 saturated heterocycles. The number of rotatable bonds is 6. The molecular formula is C32H30N2O3. The number of nitrogens with zero attached hydrogens (tertiary/aromatic N) is 1. The molecule has 2 atom stereocenters. The number of esters is 1. The predicted octanol–water partition coefficient (Wildman–Crippen LogP) is 7.27. The normalized spacial score (nSPS) is 17.8. The van der Waals surface area contributed by atoms with Crippen molar-refractivity contribution >= 4 is 17.3 Å². The molecule has 5 nitrogen and oxygen atoms in total. The second kappa shape index (κ2) is 9.00. The van der Waals surface area contributed by atoms with Gasteiger partial charge in [0, 0.05) is 41.6 Å². The monoisotopic (exact) mass is 490 g/mol. The molecule has 1 N–H and O–H groups in total. The average molecular weight is 491 g/mol. The van der Waals surface area contributed by atoms with Crippen LogP contribution in [0.1, 0.15) is 59.4 Å². The van der Waals surface area contributed by atoms with E-state index in [4.69, 9.17) is 9.47 Å². The van der Waals surface area contributed by atoms with Gasteiger partial charge in [-0.15, -0.1) is 0 Å². The van der Waals surface area contributed by atoms with Crippen molar-refractivity contribution in [2.75, 3.05) is 23.3 Å². The summed E-state index contributed by atoms with van der Waals surface area (Å²) in [5.41, 5.74) is 5.23. The lowest BCUT2D eigenvalue weighted by atomic mass is 9.77. The molecule has 0 aromatic heterocycles. The molecule has 2 heterocycles. The van der Waals surface area contributed by atoms with E-state index in [1.54, 1.807) is 0 Å². The maximum absolute atomic E-state index is 13.2. The number of para-hydroxylation sites is 1. The van der Waals surface area contributed by atoms with Gasteiger partial charge in [0.25, 0.3) is 0 Å². The molecule has 0 fully saturated rings. The molecule has 4 aromatic rings. The van der Waals surface area contributed by atoms with E-state index in [1.807, 2.05) is 66.7 Å². The number of carbonyl (C=O) groups excluding carboxylic acids is 1. The van der Waals surface area contributed by atoms with Crippen LogP contribution >= 0.6 is 0 Å². The molecule has 6 rings (SSSR count). The highest BCUT2D eigenvalue weighted by molar-refractivity contribution is 5.97. The summed E-state index contributed by atoms with van der Waals surface area (Å²) in [5, 5.41) is 3.73. The van der Waals surface area contributed by atoms with E-state index in [1.165, 1.54) is 11.3 Å². The third-order valence-corrected chi connectivity index (χ3v) is 7.51. The first-order chi connectivity index (χ1) is 18.1. The molecule has 0 radical (unpaired) electrons. The Hall–Kier alpha value is -4.25. The van der Waals surface area contributed by atoms with Crippen LogP contribution in [0.5, 0.6) is 11.5 Å². The van der Waals surface area contributed by atoms with E-state index in [0.29, 0.717) is 17.1 Å². The maximum Gasteiger partial charge on any atom is 0.340 e. The molecule has 2 aliphatic heterocycles. The number of ether oxygens (including phenoxy) is 2. The van der Waals surface area contributed by atoms with Crippen molar-refractivity contribution in [2.24, 2.45) is 0 Å². The first-order valence-corrected chi connectivity index (χ1v) is 12.9. The lowest BCUT2D eigenvalue weighted by Crippen LogP contribution is -2.34. The first kappa shape index (κ1) is 23.2. The van der Waals surface area contributed by atoms with Gasteiger partial charge in [-0.1, -0.05) is 54.6 Å². The van der Waals surface area contributed by atoms with Gasteiger partial charge >= 0.3 is 5.97 Å². The molecule has 186 valence electrons. The molecule has 0 saturated carbocycles. The van der Waals surface area contributed by atoms with Gasteiger partial charge in [-0.2, -0.15) is 0 Å². The molecule has 37 heavy (non-hydrogen) atoms. The zero-order valence-corrected chi connectivity index (χ0v) is 21.3. The second-order valence-electron chi connectivity index (χ2n) is 9.53. The van der Waals surface area contributed by atoms with Crippen LogP contribution < -0.4 is 15.0 Å². The number of benzene rings is 4. The Balaban J connectivity index is 1.49. The Morgan fingerprint density at radius 1 is 0.838 bits per heavy atom. The van der Waals surface area contributed by atoms with Crippen LogP contribution in [-0.2, 0) is 10.3 Å². The minimum atomic E-state index is -1.09. The van der Waals surface area contributed by atoms with Gasteiger partial charge in [0.2, 0.25) is 0 Å². The largest absolute Gasteiger partial charge is 0.456 e. The number of nitrogens with one attached hydrogen (secondary N) is 1. The van der Waals surface area contributed by atoms with Crippen molar-refractivity contribution in [2.45, 2.75) is 32.4 Å². The smallest absolute Gasteiger partial charge is 0.340 e. The molecule has 1 spiro atoms. The highest BCUT2D eigenvalue weighted by atomic mass is 16.6. The Bertz CT molecular complexity index is 1490. The van der Waals surface area contributed by atoms with Gasteiger partial charge in [0.05, 0.1) is 11.1 Å². The molecule has 0 aliphatic carbocycles. The summed E-state index contributed by atoms with van der Waals surface area (Å²) < 4.78 is 12.7. The number of hydrogen-bond acceptors (Lipinski definition) is 5. The highest BCUT2D eigenvalue weighted by Crippen LogP contribution is 2.58. The predicted molar refractivity (Wildman–Crippen MR) is 147 cm³/mol. The van der Waals surface area contributed by atoms with Crippen molar-refractivity contribution in [3.63, 3.8) is 0 Å². The minimum Gasteiger partial charge on any atom is -0.456 e. The second-order valence-corrected chi connectivity index (χ2v) is 9.53. The zero-order valence-electron chi connectivity index (χ0n) is 21.3. The van der Waals surface area contributed by atoms with Crippen LogP contribution in [0.3, 0.4) is 0 Å². The van der Waals surface area contributed by atoms with Gasteiger partial charge in [-0.05, 0) is 62.7 Å². The lowest BCUT2D eigenvalue weighted by Gasteiger charge is -2.38. The van der Waals surface area contributed by atoms with Crippen LogP contribution in [0.15, 0.2) is 91.0 Å². The summed E-state index contributed by atoms with van der Waals surface area (Å²) in [6, 6.07) is 30.1. The highest BCUT2D eigenvalue weighted by Gasteiger charge is 2.54. The average Bonchev–Trinajstić information content (AvgIpc) is 3.22. The summed E-state index contributed by atoms with van der Waals surface area (Å²) in [7, 11) is 0. The molecule has 2 aliphatic rings. The molecule has 0 amide bonds. The Kier molecular flexibility index (Phi) is 5.64. The molecule has 0 bridgehead atoms. The van der Waals surface area contributed by atoms with E-state index in [2.05, 4.69) is 55.3 Å². The summed E-state index contributed by atoms with van der Waals surface area (Å²) in [6.45, 7) is 8.41. The van der Waals surface area contributed by atoms with Gasteiger partial charge in [-0.3, -0.25) is 0 Å². The summed E-state index contributed by atoms with van der Waals surface area (Å²) in [6.07, 6.45) is 0. The van der Waals surface area contributed by atoms with Crippen LogP contribution in [0.25, 0.3) is 0 Å². The fraction of sp³-hybridized carbons (Fsp3) is 0.219. The van der Waals surface area contributed by atoms with Gasteiger partial charge in [0.15, 0.2) is 5.60 Å². The molecule has 5 heteroatoms. The number of hydrogen-bond donors (Lipinski definition) is 1. The van der Waals surface area contributed by atoms with Crippen molar-refractivity contribution in [1.82, 2.24) is 0 Å². The van der Waals surface area contributed by atoms with Crippen LogP contribution in [0.2, 0.25) is 0 Å². The standard InChI is InChI=1S/C32H30N2O3/c1-4-34(5-2)23-13-10-12-22(20-23)21(3)33-27-17-11-19-29-30(27)32(26-16-8-9-18-28(26)36-29)25-15-7-6-14-24(25)31(35)37-32/h6-21,33H,4-5H2,1-3H3. The third-order valence-electron chi connectivity index (χ3n) is 7.51. The van der Waals surface area contributed by atoms with Crippen LogP contribution in [0.4, 0.5) is 11.4 Å². The summed E-state index contributed by atoms with van der Waals surface area (Å²) in [5.74, 6) is 1.04. The van der Waals surface area contributed by atoms with Gasteiger partial charge < -0.3 is 19.7 Å². The number of carbonyl (C=O) groups is 1. The van der Waals surface area contributed by atoms with Crippen molar-refractivity contribution in [3.05, 3.63) is 119 Å². The van der Waals surface area contributed by atoms with Gasteiger partial charge in [0.1, 0.15) is 11.5 Å². The molecule has 2 unspecified atom stereocenters. The summed E-state index contributed by atoms with van der Waals surface area (Å²) >= 11 is 0. The Labute approximate surface area is 217 Å². The number of anilines is 2. The van der Waals surface area contributed by atoms with E-state index < -0.39 is 5.60 Å². The van der Waals surface area contributed by atoms with Crippen LogP contribution in [0, 0.1) is 0 Å². The molecular weight excluding hydrogens is 460 g/mol. The SMILES string of the molecule is CCN(CC)c1cccc(C(C)Nc2cccc3c2C2(OC(=O)c4ccccc42)c2ccccc2O3)c1. The minimum absolute atomic E-state index is 0.00332. The third kappa shape index (κ3) is 3.57. The van der Waals surface area contributed by atoms with Gasteiger partial charge in [-0.25, -0.2) is 4.79 Å². The van der Waals surface area contributed by atoms with Crippen molar-refractivity contribution in [1.29, 1.82) is 0 Å². The lowest BCUT2D eigenvalue weighted by molar-refractivity contribution is 0.0226. The zero-order chi connectivity index (χ0) is 25.6. The fourth-order valence-electron chi connectivity index (χ4n) is 5.70. The van der Waals surface area contributed by atoms with Crippen molar-refractivity contribution < 1.29 is 14.3 Å². The van der Waals surface area contributed by atoms with E-state index in [-0.39, 0.29) is 12.0 Å². The Morgan fingerprint density at radius 3 is 2.35 bits per heavy atom. The fourth-order valence-corrected chi connectivity index (χ4v) is 5.70. The first-order valence-electron chi connectivity index (χ1n) is 12.9. The van der Waals surface area contributed by atoms with Crippen LogP contribution in [-0.4, -0.2) is 19.1 Å². The topological polar surface area (TPSA) is 50.8 Å². The van der Waals surface area contributed by atoms with E-state index in [9.17, 15) is 4.79 Å². The summed E-state index contributed by atoms with van der Waals surface area (Å²) in [4.78, 5) is 15.5. The molecule has 4 aromatic carbocycles. The maximum atomic E-state index is 13.2. The van der Waals surface area contributed by atoms with E-state index >= 15 is 0 Å². The number of fused-ring (bicyclic) bond motifs is 6.